The van der Waals surface area contributed by atoms with Gasteiger partial charge < -0.3 is 15.2 Å². The highest BCUT2D eigenvalue weighted by Gasteiger charge is 2.11. The Balaban J connectivity index is 1.94. The molecule has 9 heteroatoms. The van der Waals surface area contributed by atoms with E-state index in [0.29, 0.717) is 30.4 Å². The van der Waals surface area contributed by atoms with Crippen molar-refractivity contribution in [1.29, 1.82) is 0 Å². The Hall–Kier alpha value is -2.42. The minimum Gasteiger partial charge on any atom is -0.339 e. The van der Waals surface area contributed by atoms with Crippen LogP contribution in [0.15, 0.2) is 27.6 Å². The van der Waals surface area contributed by atoms with E-state index in [-0.39, 0.29) is 4.90 Å². The van der Waals surface area contributed by atoms with Crippen molar-refractivity contribution in [1.82, 2.24) is 15.5 Å². The lowest BCUT2D eigenvalue weighted by molar-refractivity contribution is 0.251. The smallest absolute Gasteiger partial charge is 0.319 e. The van der Waals surface area contributed by atoms with Gasteiger partial charge in [-0.3, -0.25) is 0 Å². The van der Waals surface area contributed by atoms with E-state index in [9.17, 15) is 13.2 Å². The molecule has 8 nitrogen and oxygen atoms in total. The van der Waals surface area contributed by atoms with Crippen molar-refractivity contribution in [2.75, 3.05) is 18.1 Å². The predicted octanol–water partition coefficient (Wildman–Crippen LogP) is 1.45. The summed E-state index contributed by atoms with van der Waals surface area (Å²) in [5.41, 5.74) is 1.21. The van der Waals surface area contributed by atoms with Crippen molar-refractivity contribution in [2.24, 2.45) is 0 Å². The normalized spacial score (nSPS) is 11.3. The minimum atomic E-state index is -3.33. The summed E-state index contributed by atoms with van der Waals surface area (Å²) in [6, 6.07) is 4.15. The van der Waals surface area contributed by atoms with Crippen LogP contribution in [0.3, 0.4) is 0 Å². The fourth-order valence-corrected chi connectivity index (χ4v) is 2.50. The second-order valence-corrected chi connectivity index (χ2v) is 7.13. The van der Waals surface area contributed by atoms with Crippen LogP contribution in [-0.4, -0.2) is 37.4 Å². The van der Waals surface area contributed by atoms with Crippen molar-refractivity contribution < 1.29 is 17.7 Å². The molecule has 23 heavy (non-hydrogen) atoms. The first-order chi connectivity index (χ1) is 10.8. The maximum Gasteiger partial charge on any atom is 0.319 e. The third-order valence-electron chi connectivity index (χ3n) is 3.08. The Bertz CT molecular complexity index is 814. The molecule has 0 saturated heterocycles. The van der Waals surface area contributed by atoms with Gasteiger partial charge in [0.05, 0.1) is 4.90 Å². The van der Waals surface area contributed by atoms with Crippen molar-refractivity contribution in [3.05, 3.63) is 35.5 Å². The van der Waals surface area contributed by atoms with Crippen LogP contribution in [0.1, 0.15) is 17.3 Å². The molecule has 0 unspecified atom stereocenters. The summed E-state index contributed by atoms with van der Waals surface area (Å²) in [4.78, 5) is 16.1. The molecule has 2 amide bonds. The van der Waals surface area contributed by atoms with Crippen LogP contribution in [0, 0.1) is 13.8 Å². The van der Waals surface area contributed by atoms with E-state index in [4.69, 9.17) is 4.52 Å². The topological polar surface area (TPSA) is 114 Å². The van der Waals surface area contributed by atoms with Gasteiger partial charge in [0.2, 0.25) is 5.89 Å². The molecule has 2 aromatic rings. The zero-order valence-electron chi connectivity index (χ0n) is 13.1. The number of benzene rings is 1. The van der Waals surface area contributed by atoms with E-state index >= 15 is 0 Å². The Morgan fingerprint density at radius 2 is 2.04 bits per heavy atom. The second-order valence-electron chi connectivity index (χ2n) is 5.12. The minimum absolute atomic E-state index is 0.153. The molecule has 124 valence electrons. The van der Waals surface area contributed by atoms with Gasteiger partial charge in [0.15, 0.2) is 15.7 Å². The number of hydrogen-bond acceptors (Lipinski definition) is 6. The number of anilines is 1. The number of carbonyl (C=O) groups excluding carboxylic acids is 1. The molecular weight excluding hydrogens is 320 g/mol. The zero-order chi connectivity index (χ0) is 17.0. The molecule has 1 aromatic heterocycles. The van der Waals surface area contributed by atoms with Crippen molar-refractivity contribution >= 4 is 21.6 Å². The van der Waals surface area contributed by atoms with Gasteiger partial charge in [-0.1, -0.05) is 11.2 Å². The molecule has 2 N–H and O–H groups in total. The average Bonchev–Trinajstić information content (AvgIpc) is 2.85. The van der Waals surface area contributed by atoms with Gasteiger partial charge in [-0.2, -0.15) is 4.98 Å². The number of aromatic nitrogens is 2. The van der Waals surface area contributed by atoms with E-state index in [2.05, 4.69) is 20.8 Å². The summed E-state index contributed by atoms with van der Waals surface area (Å²) >= 11 is 0. The zero-order valence-corrected chi connectivity index (χ0v) is 13.9. The molecule has 2 rings (SSSR count). The Morgan fingerprint density at radius 1 is 1.30 bits per heavy atom. The molecule has 1 heterocycles. The van der Waals surface area contributed by atoms with Crippen LogP contribution < -0.4 is 10.6 Å². The van der Waals surface area contributed by atoms with Crippen molar-refractivity contribution in [2.45, 2.75) is 25.2 Å². The molecule has 0 bridgehead atoms. The number of rotatable bonds is 5. The number of amides is 2. The predicted molar refractivity (Wildman–Crippen MR) is 84.0 cm³/mol. The molecule has 0 saturated carbocycles. The van der Waals surface area contributed by atoms with Gasteiger partial charge in [-0.05, 0) is 31.5 Å². The lowest BCUT2D eigenvalue weighted by Crippen LogP contribution is -2.30. The van der Waals surface area contributed by atoms with Crippen molar-refractivity contribution in [3.63, 3.8) is 0 Å². The Morgan fingerprint density at radius 3 is 2.65 bits per heavy atom. The van der Waals surface area contributed by atoms with Crippen LogP contribution in [0.2, 0.25) is 0 Å². The van der Waals surface area contributed by atoms with Gasteiger partial charge in [0, 0.05) is 24.9 Å². The third kappa shape index (κ3) is 4.78. The quantitative estimate of drug-likeness (QED) is 0.853. The van der Waals surface area contributed by atoms with Crippen LogP contribution in [0.4, 0.5) is 10.5 Å². The van der Waals surface area contributed by atoms with E-state index in [1.54, 1.807) is 19.9 Å². The SMILES string of the molecule is Cc1noc(CCNC(=O)Nc2cc(S(C)(=O)=O)ccc2C)n1. The molecule has 1 aromatic carbocycles. The maximum atomic E-state index is 11.9. The molecule has 0 aliphatic carbocycles. The number of urea groups is 1. The van der Waals surface area contributed by atoms with Gasteiger partial charge >= 0.3 is 6.03 Å². The molecule has 0 radical (unpaired) electrons. The molecule has 0 spiro atoms. The molecule has 0 atom stereocenters. The molecule has 0 aliphatic rings. The highest BCUT2D eigenvalue weighted by Crippen LogP contribution is 2.20. The monoisotopic (exact) mass is 338 g/mol. The van der Waals surface area contributed by atoms with Crippen LogP contribution >= 0.6 is 0 Å². The molecular formula is C14H18N4O4S. The van der Waals surface area contributed by atoms with Gasteiger partial charge in [-0.25, -0.2) is 13.2 Å². The first kappa shape index (κ1) is 16.9. The van der Waals surface area contributed by atoms with Gasteiger partial charge in [0.25, 0.3) is 0 Å². The molecule has 0 aliphatic heterocycles. The standard InChI is InChI=1S/C14H18N4O4S/c1-9-4-5-11(23(3,20)21)8-12(9)17-14(19)15-7-6-13-16-10(2)18-22-13/h4-5,8H,6-7H2,1-3H3,(H2,15,17,19). The second kappa shape index (κ2) is 6.78. The van der Waals surface area contributed by atoms with E-state index in [1.165, 1.54) is 12.1 Å². The van der Waals surface area contributed by atoms with Gasteiger partial charge in [-0.15, -0.1) is 0 Å². The largest absolute Gasteiger partial charge is 0.339 e. The summed E-state index contributed by atoms with van der Waals surface area (Å²) in [6.07, 6.45) is 1.53. The van der Waals surface area contributed by atoms with Crippen LogP contribution in [-0.2, 0) is 16.3 Å². The number of aryl methyl sites for hydroxylation is 2. The van der Waals surface area contributed by atoms with Crippen LogP contribution in [0.5, 0.6) is 0 Å². The highest BCUT2D eigenvalue weighted by atomic mass is 32.2. The number of nitrogens with zero attached hydrogens (tertiary/aromatic N) is 2. The summed E-state index contributed by atoms with van der Waals surface area (Å²) in [5.74, 6) is 0.982. The number of hydrogen-bond donors (Lipinski definition) is 2. The van der Waals surface area contributed by atoms with E-state index in [1.807, 2.05) is 0 Å². The summed E-state index contributed by atoms with van der Waals surface area (Å²) in [5, 5.41) is 8.94. The Labute approximate surface area is 134 Å². The summed E-state index contributed by atoms with van der Waals surface area (Å²) < 4.78 is 28.1. The average molecular weight is 338 g/mol. The summed E-state index contributed by atoms with van der Waals surface area (Å²) in [6.45, 7) is 3.81. The number of carbonyl (C=O) groups is 1. The fraction of sp³-hybridized carbons (Fsp3) is 0.357. The first-order valence-corrected chi connectivity index (χ1v) is 8.79. The van der Waals surface area contributed by atoms with Crippen molar-refractivity contribution in [3.8, 4) is 0 Å². The number of nitrogens with one attached hydrogen (secondary N) is 2. The summed E-state index contributed by atoms with van der Waals surface area (Å²) in [7, 11) is -3.33. The van der Waals surface area contributed by atoms with E-state index < -0.39 is 15.9 Å². The lowest BCUT2D eigenvalue weighted by atomic mass is 10.2. The molecule has 0 fully saturated rings. The van der Waals surface area contributed by atoms with Gasteiger partial charge in [0.1, 0.15) is 0 Å². The maximum absolute atomic E-state index is 11.9. The Kier molecular flexibility index (Phi) is 4.99. The first-order valence-electron chi connectivity index (χ1n) is 6.90. The fourth-order valence-electron chi connectivity index (χ4n) is 1.86. The lowest BCUT2D eigenvalue weighted by Gasteiger charge is -2.10. The van der Waals surface area contributed by atoms with E-state index in [0.717, 1.165) is 11.8 Å². The number of sulfone groups is 1. The highest BCUT2D eigenvalue weighted by molar-refractivity contribution is 7.90. The third-order valence-corrected chi connectivity index (χ3v) is 4.19. The van der Waals surface area contributed by atoms with Crippen LogP contribution in [0.25, 0.3) is 0 Å².